The third-order valence-corrected chi connectivity index (χ3v) is 6.78. The van der Waals surface area contributed by atoms with Crippen molar-refractivity contribution in [2.45, 2.75) is 65.3 Å². The van der Waals surface area contributed by atoms with Gasteiger partial charge in [-0.3, -0.25) is 14.2 Å². The predicted octanol–water partition coefficient (Wildman–Crippen LogP) is 5.24. The molecule has 0 unspecified atom stereocenters. The van der Waals surface area contributed by atoms with E-state index in [4.69, 9.17) is 4.98 Å². The van der Waals surface area contributed by atoms with Gasteiger partial charge in [0.15, 0.2) is 0 Å². The fraction of sp³-hybridized carbons (Fsp3) is 0.464. The maximum absolute atomic E-state index is 13.2. The van der Waals surface area contributed by atoms with Crippen molar-refractivity contribution in [2.75, 3.05) is 13.1 Å². The normalized spacial score (nSPS) is 14.7. The van der Waals surface area contributed by atoms with Gasteiger partial charge in [0, 0.05) is 31.6 Å². The molecule has 0 atom stereocenters. The Balaban J connectivity index is 1.42. The van der Waals surface area contributed by atoms with Gasteiger partial charge in [-0.05, 0) is 67.9 Å². The number of unbranched alkanes of at least 4 members (excludes halogenated alkanes) is 1. The second-order valence-electron chi connectivity index (χ2n) is 9.25. The first-order valence-corrected chi connectivity index (χ1v) is 12.5. The van der Waals surface area contributed by atoms with Crippen molar-refractivity contribution in [1.82, 2.24) is 14.5 Å². The van der Waals surface area contributed by atoms with E-state index in [0.29, 0.717) is 17.8 Å². The van der Waals surface area contributed by atoms with E-state index in [-0.39, 0.29) is 11.5 Å². The second kappa shape index (κ2) is 10.8. The molecule has 1 aromatic heterocycles. The lowest BCUT2D eigenvalue weighted by atomic mass is 9.95. The van der Waals surface area contributed by atoms with Crippen LogP contribution in [-0.2, 0) is 19.4 Å². The minimum absolute atomic E-state index is 0.0609. The highest BCUT2D eigenvalue weighted by Gasteiger charge is 2.25. The monoisotopic (exact) mass is 445 g/mol. The average molecular weight is 446 g/mol. The number of amides is 1. The molecule has 0 spiro atoms. The van der Waals surface area contributed by atoms with E-state index in [1.54, 1.807) is 0 Å². The van der Waals surface area contributed by atoms with Gasteiger partial charge in [-0.2, -0.15) is 0 Å². The maximum atomic E-state index is 13.2. The number of rotatable bonds is 8. The van der Waals surface area contributed by atoms with Gasteiger partial charge in [-0.15, -0.1) is 0 Å². The average Bonchev–Trinajstić information content (AvgIpc) is 2.85. The second-order valence-corrected chi connectivity index (χ2v) is 9.25. The molecule has 5 heteroatoms. The number of hydrogen-bond donors (Lipinski definition) is 0. The van der Waals surface area contributed by atoms with Crippen LogP contribution in [0.1, 0.15) is 67.7 Å². The topological polar surface area (TPSA) is 55.2 Å². The van der Waals surface area contributed by atoms with E-state index in [1.165, 1.54) is 18.4 Å². The van der Waals surface area contributed by atoms with Gasteiger partial charge < -0.3 is 4.90 Å². The highest BCUT2D eigenvalue weighted by atomic mass is 16.2. The summed E-state index contributed by atoms with van der Waals surface area (Å²) < 4.78 is 1.89. The van der Waals surface area contributed by atoms with Crippen LogP contribution >= 0.6 is 0 Å². The van der Waals surface area contributed by atoms with Crippen LogP contribution < -0.4 is 5.56 Å². The number of fused-ring (bicyclic) bond motifs is 1. The highest BCUT2D eigenvalue weighted by Crippen LogP contribution is 2.22. The first-order valence-electron chi connectivity index (χ1n) is 12.5. The SMILES string of the molecule is CCCCc1ccc(C(=O)N2CCC(Cn3c(CCC)nc4ccccc4c3=O)CC2)cc1. The number of aromatic nitrogens is 2. The van der Waals surface area contributed by atoms with E-state index in [1.807, 2.05) is 45.9 Å². The third-order valence-electron chi connectivity index (χ3n) is 6.78. The van der Waals surface area contributed by atoms with Crippen LogP contribution in [0.5, 0.6) is 0 Å². The van der Waals surface area contributed by atoms with Crippen LogP contribution in [-0.4, -0.2) is 33.4 Å². The molecule has 5 nitrogen and oxygen atoms in total. The van der Waals surface area contributed by atoms with E-state index < -0.39 is 0 Å². The number of hydrogen-bond acceptors (Lipinski definition) is 3. The van der Waals surface area contributed by atoms with Crippen LogP contribution in [0, 0.1) is 5.92 Å². The Morgan fingerprint density at radius 3 is 2.39 bits per heavy atom. The van der Waals surface area contributed by atoms with Gasteiger partial charge in [-0.25, -0.2) is 4.98 Å². The summed E-state index contributed by atoms with van der Waals surface area (Å²) in [6.45, 7) is 6.46. The van der Waals surface area contributed by atoms with E-state index >= 15 is 0 Å². The molecule has 0 bridgehead atoms. The van der Waals surface area contributed by atoms with Crippen molar-refractivity contribution in [3.63, 3.8) is 0 Å². The number of carbonyl (C=O) groups excluding carboxylic acids is 1. The number of para-hydroxylation sites is 1. The Labute approximate surface area is 196 Å². The van der Waals surface area contributed by atoms with Crippen LogP contribution in [0.25, 0.3) is 10.9 Å². The molecule has 4 rings (SSSR count). The summed E-state index contributed by atoms with van der Waals surface area (Å²) >= 11 is 0. The molecule has 0 N–H and O–H groups in total. The van der Waals surface area contributed by atoms with Gasteiger partial charge in [0.25, 0.3) is 11.5 Å². The highest BCUT2D eigenvalue weighted by molar-refractivity contribution is 5.94. The van der Waals surface area contributed by atoms with E-state index in [9.17, 15) is 9.59 Å². The minimum Gasteiger partial charge on any atom is -0.339 e. The Bertz CT molecular complexity index is 1140. The molecule has 0 saturated carbocycles. The summed E-state index contributed by atoms with van der Waals surface area (Å²) in [7, 11) is 0. The van der Waals surface area contributed by atoms with Gasteiger partial charge >= 0.3 is 0 Å². The summed E-state index contributed by atoms with van der Waals surface area (Å²) in [4.78, 5) is 33.0. The number of benzene rings is 2. The van der Waals surface area contributed by atoms with Crippen LogP contribution in [0.15, 0.2) is 53.3 Å². The van der Waals surface area contributed by atoms with Crippen LogP contribution in [0.4, 0.5) is 0 Å². The molecule has 2 aromatic carbocycles. The zero-order valence-corrected chi connectivity index (χ0v) is 19.9. The Morgan fingerprint density at radius 2 is 1.70 bits per heavy atom. The molecule has 1 fully saturated rings. The number of likely N-dealkylation sites (tertiary alicyclic amines) is 1. The van der Waals surface area contributed by atoms with Crippen LogP contribution in [0.2, 0.25) is 0 Å². The quantitative estimate of drug-likeness (QED) is 0.476. The van der Waals surface area contributed by atoms with Gasteiger partial charge in [-0.1, -0.05) is 44.5 Å². The van der Waals surface area contributed by atoms with E-state index in [0.717, 1.165) is 62.1 Å². The molecular formula is C28H35N3O2. The summed E-state index contributed by atoms with van der Waals surface area (Å²) in [6.07, 6.45) is 6.99. The molecule has 1 amide bonds. The van der Waals surface area contributed by atoms with Crippen molar-refractivity contribution in [2.24, 2.45) is 5.92 Å². The Kier molecular flexibility index (Phi) is 7.58. The standard InChI is InChI=1S/C28H35N3O2/c1-3-5-9-21-12-14-23(15-13-21)27(32)30-18-16-22(17-19-30)20-31-26(8-4-2)29-25-11-7-6-10-24(25)28(31)33/h6-7,10-15,22H,3-5,8-9,16-20H2,1-2H3. The van der Waals surface area contributed by atoms with Gasteiger partial charge in [0.05, 0.1) is 10.9 Å². The largest absolute Gasteiger partial charge is 0.339 e. The van der Waals surface area contributed by atoms with Gasteiger partial charge in [0.1, 0.15) is 5.82 Å². The van der Waals surface area contributed by atoms with Crippen molar-refractivity contribution in [3.8, 4) is 0 Å². The van der Waals surface area contributed by atoms with Crippen LogP contribution in [0.3, 0.4) is 0 Å². The summed E-state index contributed by atoms with van der Waals surface area (Å²) in [5, 5.41) is 0.687. The molecule has 3 aromatic rings. The zero-order chi connectivity index (χ0) is 23.2. The lowest BCUT2D eigenvalue weighted by Gasteiger charge is -2.32. The molecule has 1 saturated heterocycles. The smallest absolute Gasteiger partial charge is 0.261 e. The number of aryl methyl sites for hydroxylation is 2. The predicted molar refractivity (Wildman–Crippen MR) is 134 cm³/mol. The number of carbonyl (C=O) groups is 1. The molecule has 2 heterocycles. The molecule has 0 aliphatic carbocycles. The number of nitrogens with zero attached hydrogens (tertiary/aromatic N) is 3. The maximum Gasteiger partial charge on any atom is 0.261 e. The molecular weight excluding hydrogens is 410 g/mol. The summed E-state index contributed by atoms with van der Waals surface area (Å²) in [5.41, 5.74) is 2.91. The first kappa shape index (κ1) is 23.2. The van der Waals surface area contributed by atoms with Crippen molar-refractivity contribution < 1.29 is 4.79 Å². The summed E-state index contributed by atoms with van der Waals surface area (Å²) in [6, 6.07) is 15.7. The molecule has 174 valence electrons. The molecule has 1 aliphatic heterocycles. The molecule has 1 aliphatic rings. The van der Waals surface area contributed by atoms with Crippen molar-refractivity contribution in [1.29, 1.82) is 0 Å². The van der Waals surface area contributed by atoms with E-state index in [2.05, 4.69) is 26.0 Å². The van der Waals surface area contributed by atoms with Crippen molar-refractivity contribution in [3.05, 3.63) is 75.8 Å². The Hall–Kier alpha value is -2.95. The van der Waals surface area contributed by atoms with Crippen molar-refractivity contribution >= 4 is 16.8 Å². The lowest BCUT2D eigenvalue weighted by Crippen LogP contribution is -2.40. The van der Waals surface area contributed by atoms with Gasteiger partial charge in [0.2, 0.25) is 0 Å². The number of piperidine rings is 1. The zero-order valence-electron chi connectivity index (χ0n) is 19.9. The fourth-order valence-electron chi connectivity index (χ4n) is 4.77. The summed E-state index contributed by atoms with van der Waals surface area (Å²) in [5.74, 6) is 1.37. The fourth-order valence-corrected chi connectivity index (χ4v) is 4.77. The third kappa shape index (κ3) is 5.35. The molecule has 33 heavy (non-hydrogen) atoms. The first-order chi connectivity index (χ1) is 16.1. The molecule has 0 radical (unpaired) electrons. The minimum atomic E-state index is 0.0609. The lowest BCUT2D eigenvalue weighted by molar-refractivity contribution is 0.0682. The Morgan fingerprint density at radius 1 is 0.970 bits per heavy atom.